The first kappa shape index (κ1) is 26.2. The fourth-order valence-electron chi connectivity index (χ4n) is 5.04. The Balaban J connectivity index is 1.26. The van der Waals surface area contributed by atoms with E-state index in [-0.39, 0.29) is 24.2 Å². The van der Waals surface area contributed by atoms with Gasteiger partial charge in [-0.3, -0.25) is 14.9 Å². The SMILES string of the molecule is COc1cc(-c2ccc3cc(CC(=O)N4CCC(C(=O)Nc5ccc(C)o5)C4)ccc3c2)cc(OC)c1OC. The molecule has 8 heteroatoms. The Labute approximate surface area is 227 Å². The summed E-state index contributed by atoms with van der Waals surface area (Å²) in [6.07, 6.45) is 0.926. The predicted octanol–water partition coefficient (Wildman–Crippen LogP) is 5.46. The van der Waals surface area contributed by atoms with Gasteiger partial charge < -0.3 is 23.5 Å². The third-order valence-corrected chi connectivity index (χ3v) is 7.16. The number of anilines is 1. The van der Waals surface area contributed by atoms with Gasteiger partial charge in [0.05, 0.1) is 33.7 Å². The highest BCUT2D eigenvalue weighted by atomic mass is 16.5. The average molecular weight is 529 g/mol. The van der Waals surface area contributed by atoms with Gasteiger partial charge in [-0.05, 0) is 65.1 Å². The average Bonchev–Trinajstić information content (AvgIpc) is 3.61. The summed E-state index contributed by atoms with van der Waals surface area (Å²) in [6, 6.07) is 19.6. The molecular weight excluding hydrogens is 496 g/mol. The molecule has 3 aromatic carbocycles. The van der Waals surface area contributed by atoms with Crippen LogP contribution in [0.3, 0.4) is 0 Å². The number of ether oxygens (including phenoxy) is 3. The summed E-state index contributed by atoms with van der Waals surface area (Å²) in [5, 5.41) is 4.91. The van der Waals surface area contributed by atoms with Crippen LogP contribution in [0, 0.1) is 12.8 Å². The fraction of sp³-hybridized carbons (Fsp3) is 0.290. The molecule has 1 saturated heterocycles. The van der Waals surface area contributed by atoms with Gasteiger partial charge in [0.15, 0.2) is 17.4 Å². The Hall–Kier alpha value is -4.46. The lowest BCUT2D eigenvalue weighted by molar-refractivity contribution is -0.129. The zero-order valence-electron chi connectivity index (χ0n) is 22.6. The molecule has 0 radical (unpaired) electrons. The molecule has 1 aliphatic heterocycles. The fourth-order valence-corrected chi connectivity index (χ4v) is 5.04. The van der Waals surface area contributed by atoms with Crippen molar-refractivity contribution in [3.05, 3.63) is 72.0 Å². The third kappa shape index (κ3) is 5.55. The Kier molecular flexibility index (Phi) is 7.45. The molecule has 1 aromatic heterocycles. The minimum Gasteiger partial charge on any atom is -0.493 e. The van der Waals surface area contributed by atoms with Crippen molar-refractivity contribution in [3.63, 3.8) is 0 Å². The summed E-state index contributed by atoms with van der Waals surface area (Å²) in [4.78, 5) is 27.4. The monoisotopic (exact) mass is 528 g/mol. The van der Waals surface area contributed by atoms with Gasteiger partial charge in [-0.1, -0.05) is 30.3 Å². The van der Waals surface area contributed by atoms with Gasteiger partial charge in [-0.25, -0.2) is 0 Å². The molecule has 1 unspecified atom stereocenters. The van der Waals surface area contributed by atoms with E-state index in [2.05, 4.69) is 11.4 Å². The number of carbonyl (C=O) groups is 2. The van der Waals surface area contributed by atoms with Crippen LogP contribution in [-0.2, 0) is 16.0 Å². The number of carbonyl (C=O) groups excluding carboxylic acids is 2. The van der Waals surface area contributed by atoms with Crippen molar-refractivity contribution in [2.75, 3.05) is 39.7 Å². The molecule has 202 valence electrons. The van der Waals surface area contributed by atoms with E-state index in [1.54, 1.807) is 38.4 Å². The van der Waals surface area contributed by atoms with Gasteiger partial charge >= 0.3 is 0 Å². The molecule has 2 heterocycles. The van der Waals surface area contributed by atoms with E-state index in [0.717, 1.165) is 33.2 Å². The van der Waals surface area contributed by atoms with Crippen LogP contribution in [0.5, 0.6) is 17.2 Å². The molecule has 2 amide bonds. The number of aryl methyl sites for hydroxylation is 1. The first-order valence-electron chi connectivity index (χ1n) is 12.9. The second-order valence-corrected chi connectivity index (χ2v) is 9.71. The number of nitrogens with one attached hydrogen (secondary N) is 1. The molecule has 1 fully saturated rings. The second-order valence-electron chi connectivity index (χ2n) is 9.71. The number of hydrogen-bond acceptors (Lipinski definition) is 6. The number of rotatable bonds is 8. The van der Waals surface area contributed by atoms with Crippen LogP contribution in [0.25, 0.3) is 21.9 Å². The molecule has 1 aliphatic rings. The summed E-state index contributed by atoms with van der Waals surface area (Å²) in [7, 11) is 4.78. The number of fused-ring (bicyclic) bond motifs is 1. The maximum absolute atomic E-state index is 13.0. The van der Waals surface area contributed by atoms with Gasteiger partial charge in [0.2, 0.25) is 17.6 Å². The van der Waals surface area contributed by atoms with Crippen molar-refractivity contribution in [2.45, 2.75) is 19.8 Å². The van der Waals surface area contributed by atoms with Crippen molar-refractivity contribution in [1.29, 1.82) is 0 Å². The highest BCUT2D eigenvalue weighted by Crippen LogP contribution is 2.41. The van der Waals surface area contributed by atoms with Crippen molar-refractivity contribution >= 4 is 28.5 Å². The quantitative estimate of drug-likeness (QED) is 0.327. The molecule has 0 saturated carbocycles. The smallest absolute Gasteiger partial charge is 0.231 e. The van der Waals surface area contributed by atoms with Gasteiger partial charge in [0.25, 0.3) is 0 Å². The van der Waals surface area contributed by atoms with Crippen molar-refractivity contribution in [3.8, 4) is 28.4 Å². The second kappa shape index (κ2) is 11.1. The van der Waals surface area contributed by atoms with E-state index in [1.807, 2.05) is 49.4 Å². The number of methoxy groups -OCH3 is 3. The molecule has 0 spiro atoms. The maximum atomic E-state index is 13.0. The Morgan fingerprint density at radius 1 is 0.897 bits per heavy atom. The molecule has 8 nitrogen and oxygen atoms in total. The highest BCUT2D eigenvalue weighted by Gasteiger charge is 2.31. The molecule has 0 aliphatic carbocycles. The van der Waals surface area contributed by atoms with Crippen LogP contribution in [0.4, 0.5) is 5.88 Å². The van der Waals surface area contributed by atoms with Crippen molar-refractivity contribution < 1.29 is 28.2 Å². The largest absolute Gasteiger partial charge is 0.493 e. The van der Waals surface area contributed by atoms with E-state index < -0.39 is 0 Å². The number of likely N-dealkylation sites (tertiary alicyclic amines) is 1. The Morgan fingerprint density at radius 2 is 1.62 bits per heavy atom. The van der Waals surface area contributed by atoms with Crippen LogP contribution in [0.1, 0.15) is 17.7 Å². The van der Waals surface area contributed by atoms with Crippen LogP contribution >= 0.6 is 0 Å². The van der Waals surface area contributed by atoms with Crippen molar-refractivity contribution in [1.82, 2.24) is 4.90 Å². The third-order valence-electron chi connectivity index (χ3n) is 7.16. The summed E-state index contributed by atoms with van der Waals surface area (Å²) in [6.45, 7) is 2.81. The first-order valence-corrected chi connectivity index (χ1v) is 12.9. The van der Waals surface area contributed by atoms with Crippen LogP contribution in [0.2, 0.25) is 0 Å². The topological polar surface area (TPSA) is 90.2 Å². The molecule has 1 N–H and O–H groups in total. The van der Waals surface area contributed by atoms with Crippen LogP contribution < -0.4 is 19.5 Å². The van der Waals surface area contributed by atoms with Gasteiger partial charge in [0, 0.05) is 19.2 Å². The van der Waals surface area contributed by atoms with Crippen molar-refractivity contribution in [2.24, 2.45) is 5.92 Å². The zero-order valence-corrected chi connectivity index (χ0v) is 22.6. The van der Waals surface area contributed by atoms with Crippen LogP contribution in [0.15, 0.2) is 65.1 Å². The van der Waals surface area contributed by atoms with Gasteiger partial charge in [0.1, 0.15) is 5.76 Å². The van der Waals surface area contributed by atoms with Gasteiger partial charge in [-0.15, -0.1) is 0 Å². The molecule has 5 rings (SSSR count). The van der Waals surface area contributed by atoms with E-state index >= 15 is 0 Å². The van der Waals surface area contributed by atoms with Gasteiger partial charge in [-0.2, -0.15) is 0 Å². The van der Waals surface area contributed by atoms with E-state index in [1.165, 1.54) is 0 Å². The lowest BCUT2D eigenvalue weighted by Gasteiger charge is -2.17. The van der Waals surface area contributed by atoms with E-state index in [4.69, 9.17) is 18.6 Å². The predicted molar refractivity (Wildman–Crippen MR) is 150 cm³/mol. The number of benzene rings is 3. The molecule has 39 heavy (non-hydrogen) atoms. The number of amides is 2. The summed E-state index contributed by atoms with van der Waals surface area (Å²) >= 11 is 0. The zero-order chi connectivity index (χ0) is 27.5. The Morgan fingerprint density at radius 3 is 2.28 bits per heavy atom. The lowest BCUT2D eigenvalue weighted by Crippen LogP contribution is -2.32. The normalized spacial score (nSPS) is 14.9. The summed E-state index contributed by atoms with van der Waals surface area (Å²) in [5.74, 6) is 2.58. The number of hydrogen-bond donors (Lipinski definition) is 1. The minimum absolute atomic E-state index is 0.0209. The maximum Gasteiger partial charge on any atom is 0.231 e. The molecular formula is C31H32N2O6. The molecule has 4 aromatic rings. The first-order chi connectivity index (χ1) is 18.9. The minimum atomic E-state index is -0.246. The molecule has 0 bridgehead atoms. The summed E-state index contributed by atoms with van der Waals surface area (Å²) < 4.78 is 21.9. The van der Waals surface area contributed by atoms with E-state index in [9.17, 15) is 9.59 Å². The lowest BCUT2D eigenvalue weighted by atomic mass is 9.98. The van der Waals surface area contributed by atoms with E-state index in [0.29, 0.717) is 42.6 Å². The standard InChI is InChI=1S/C31H32N2O6/c1-19-5-10-28(39-19)32-31(35)24-11-12-33(18-24)29(34)14-20-6-7-22-15-23(9-8-21(22)13-20)25-16-26(36-2)30(38-4)27(17-25)37-3/h5-10,13,15-17,24H,11-12,14,18H2,1-4H3,(H,32,35). The highest BCUT2D eigenvalue weighted by molar-refractivity contribution is 5.93. The number of nitrogens with zero attached hydrogens (tertiary/aromatic N) is 1. The summed E-state index contributed by atoms with van der Waals surface area (Å²) in [5.41, 5.74) is 2.89. The number of furan rings is 1. The van der Waals surface area contributed by atoms with Crippen LogP contribution in [-0.4, -0.2) is 51.1 Å². The molecule has 1 atom stereocenters. The Bertz CT molecular complexity index is 1500.